The quantitative estimate of drug-likeness (QED) is 0.234. The maximum atomic E-state index is 12.8. The molecule has 1 aliphatic rings. The van der Waals surface area contributed by atoms with Crippen LogP contribution in [0.4, 0.5) is 0 Å². The Labute approximate surface area is 200 Å². The zero-order valence-corrected chi connectivity index (χ0v) is 21.8. The van der Waals surface area contributed by atoms with Crippen molar-refractivity contribution in [3.05, 3.63) is 47.2 Å². The predicted octanol–water partition coefficient (Wildman–Crippen LogP) is 6.29. The number of nitrogens with zero attached hydrogens (tertiary/aromatic N) is 1. The van der Waals surface area contributed by atoms with E-state index < -0.39 is 23.6 Å². The van der Waals surface area contributed by atoms with Crippen molar-refractivity contribution in [3.8, 4) is 0 Å². The molecule has 1 heterocycles. The maximum absolute atomic E-state index is 12.8. The van der Waals surface area contributed by atoms with Gasteiger partial charge in [0.2, 0.25) is 0 Å². The summed E-state index contributed by atoms with van der Waals surface area (Å²) in [5.41, 5.74) is 2.79. The molecule has 0 aliphatic carbocycles. The zero-order chi connectivity index (χ0) is 25.2. The number of aliphatic hydroxyl groups excluding tert-OH is 1. The van der Waals surface area contributed by atoms with Crippen molar-refractivity contribution in [3.63, 3.8) is 0 Å². The van der Waals surface area contributed by atoms with Gasteiger partial charge in [0, 0.05) is 24.0 Å². The van der Waals surface area contributed by atoms with Gasteiger partial charge in [0.15, 0.2) is 0 Å². The molecule has 1 rings (SSSR count). The summed E-state index contributed by atoms with van der Waals surface area (Å²) < 4.78 is 5.81. The topological polar surface area (TPSA) is 76.0 Å². The van der Waals surface area contributed by atoms with Crippen molar-refractivity contribution >= 4 is 17.5 Å². The van der Waals surface area contributed by atoms with Gasteiger partial charge < -0.3 is 9.84 Å². The second-order valence-electron chi connectivity index (χ2n) is 9.94. The predicted molar refractivity (Wildman–Crippen MR) is 136 cm³/mol. The van der Waals surface area contributed by atoms with Crippen molar-refractivity contribution in [1.29, 1.82) is 0 Å². The number of allylic oxidation sites excluding steroid dienone is 5. The number of rotatable bonds is 3. The molecule has 0 aromatic heterocycles. The summed E-state index contributed by atoms with van der Waals surface area (Å²) >= 11 is 0. The van der Waals surface area contributed by atoms with Crippen molar-refractivity contribution in [1.82, 2.24) is 0 Å². The lowest BCUT2D eigenvalue weighted by atomic mass is 9.78. The Morgan fingerprint density at radius 1 is 1.24 bits per heavy atom. The zero-order valence-electron chi connectivity index (χ0n) is 21.8. The summed E-state index contributed by atoms with van der Waals surface area (Å²) in [7, 11) is 0. The Balaban J connectivity index is 3.27. The van der Waals surface area contributed by atoms with Crippen LogP contribution in [0.15, 0.2) is 52.2 Å². The summed E-state index contributed by atoms with van der Waals surface area (Å²) in [5, 5.41) is 10.7. The molecule has 0 radical (unpaired) electrons. The van der Waals surface area contributed by atoms with Gasteiger partial charge in [-0.2, -0.15) is 0 Å². The molecular weight excluding hydrogens is 414 g/mol. The average molecular weight is 458 g/mol. The first-order chi connectivity index (χ1) is 15.4. The second-order valence-corrected chi connectivity index (χ2v) is 9.94. The highest BCUT2D eigenvalue weighted by Gasteiger charge is 2.37. The monoisotopic (exact) mass is 457 g/mol. The number of cyclic esters (lactones) is 1. The molecule has 1 aliphatic heterocycles. The molecule has 1 N–H and O–H groups in total. The molecule has 0 fully saturated rings. The fraction of sp³-hybridized carbons (Fsp3) is 0.607. The van der Waals surface area contributed by atoms with E-state index in [0.29, 0.717) is 12.8 Å². The Bertz CT molecular complexity index is 838. The van der Waals surface area contributed by atoms with Crippen molar-refractivity contribution in [2.24, 2.45) is 16.3 Å². The van der Waals surface area contributed by atoms with Gasteiger partial charge in [-0.1, -0.05) is 50.6 Å². The summed E-state index contributed by atoms with van der Waals surface area (Å²) in [6.07, 6.45) is 10.9. The highest BCUT2D eigenvalue weighted by atomic mass is 16.5. The molecule has 3 atom stereocenters. The average Bonchev–Trinajstić information content (AvgIpc) is 2.72. The first-order valence-corrected chi connectivity index (χ1v) is 12.0. The van der Waals surface area contributed by atoms with Gasteiger partial charge in [-0.05, 0) is 65.0 Å². The number of carbonyl (C=O) groups is 2. The summed E-state index contributed by atoms with van der Waals surface area (Å²) in [5.74, 6) is -0.276. The van der Waals surface area contributed by atoms with E-state index in [1.54, 1.807) is 13.8 Å². The third-order valence-electron chi connectivity index (χ3n) is 6.13. The number of esters is 1. The van der Waals surface area contributed by atoms with E-state index in [0.717, 1.165) is 29.8 Å². The second kappa shape index (κ2) is 13.4. The van der Waals surface area contributed by atoms with Crippen LogP contribution in [0.25, 0.3) is 0 Å². The minimum atomic E-state index is -1.10. The summed E-state index contributed by atoms with van der Waals surface area (Å²) in [4.78, 5) is 30.1. The number of carbonyl (C=O) groups excluding carboxylic acids is 2. The van der Waals surface area contributed by atoms with Gasteiger partial charge in [-0.3, -0.25) is 14.6 Å². The molecule has 5 heteroatoms. The smallest absolute Gasteiger partial charge is 0.309 e. The minimum absolute atomic E-state index is 0.0376. The lowest BCUT2D eigenvalue weighted by molar-refractivity contribution is -0.152. The van der Waals surface area contributed by atoms with Crippen LogP contribution < -0.4 is 0 Å². The Morgan fingerprint density at radius 2 is 1.91 bits per heavy atom. The molecule has 33 heavy (non-hydrogen) atoms. The van der Waals surface area contributed by atoms with E-state index >= 15 is 0 Å². The minimum Gasteiger partial charge on any atom is -0.457 e. The lowest BCUT2D eigenvalue weighted by Crippen LogP contribution is -2.39. The first-order valence-electron chi connectivity index (χ1n) is 12.0. The van der Waals surface area contributed by atoms with Crippen molar-refractivity contribution in [2.75, 3.05) is 0 Å². The molecule has 1 unspecified atom stereocenters. The Kier molecular flexibility index (Phi) is 11.7. The van der Waals surface area contributed by atoms with E-state index in [4.69, 9.17) is 4.74 Å². The van der Waals surface area contributed by atoms with Crippen molar-refractivity contribution in [2.45, 2.75) is 99.7 Å². The molecular formula is C28H43NO4. The fourth-order valence-electron chi connectivity index (χ4n) is 3.55. The molecule has 5 nitrogen and oxygen atoms in total. The van der Waals surface area contributed by atoms with Crippen LogP contribution >= 0.6 is 0 Å². The lowest BCUT2D eigenvalue weighted by Gasteiger charge is -2.29. The fourth-order valence-corrected chi connectivity index (χ4v) is 3.55. The molecule has 0 spiro atoms. The Morgan fingerprint density at radius 3 is 2.52 bits per heavy atom. The molecule has 0 aromatic carbocycles. The van der Waals surface area contributed by atoms with Crippen LogP contribution in [-0.2, 0) is 14.3 Å². The van der Waals surface area contributed by atoms with Crippen LogP contribution in [0.2, 0.25) is 0 Å². The van der Waals surface area contributed by atoms with Crippen LogP contribution in [-0.4, -0.2) is 34.8 Å². The van der Waals surface area contributed by atoms with Crippen molar-refractivity contribution < 1.29 is 19.4 Å². The molecule has 184 valence electrons. The highest BCUT2D eigenvalue weighted by Crippen LogP contribution is 2.29. The van der Waals surface area contributed by atoms with Crippen LogP contribution in [0, 0.1) is 11.3 Å². The number of ketones is 1. The van der Waals surface area contributed by atoms with E-state index in [2.05, 4.69) is 37.1 Å². The van der Waals surface area contributed by atoms with Crippen LogP contribution in [0.3, 0.4) is 0 Å². The SMILES string of the molecule is C/C=C(/C=C(\C)C1C/C=C(/C)C/C=C/[C@H](C)CCC(=O)C(C)(C)[C@@H](O)CC(=O)O1)N=C(C)C. The third-order valence-corrected chi connectivity index (χ3v) is 6.13. The molecule has 0 saturated heterocycles. The number of hydrogen-bond acceptors (Lipinski definition) is 5. The number of hydrogen-bond donors (Lipinski definition) is 1. The maximum Gasteiger partial charge on any atom is 0.309 e. The van der Waals surface area contributed by atoms with Gasteiger partial charge in [0.05, 0.1) is 18.2 Å². The van der Waals surface area contributed by atoms with Crippen LogP contribution in [0.5, 0.6) is 0 Å². The standard InChI is InChI=1S/C28H43NO4/c1-9-23(29-19(2)3)17-22(6)24-15-13-20(4)11-10-12-21(5)14-16-25(30)28(7,8)26(31)18-27(32)33-24/h9-10,12-13,17,21,24,26,31H,11,14-16,18H2,1-8H3/b12-10+,20-13-,22-17+,23-9-/t21-,24?,26-/m0/s1. The third kappa shape index (κ3) is 10.0. The molecule has 0 amide bonds. The number of Topliss-reactive ketones (excluding diaryl/α,β-unsaturated/α-hetero) is 1. The van der Waals surface area contributed by atoms with Crippen LogP contribution in [0.1, 0.15) is 87.5 Å². The highest BCUT2D eigenvalue weighted by molar-refractivity contribution is 5.85. The van der Waals surface area contributed by atoms with Gasteiger partial charge in [0.1, 0.15) is 11.9 Å². The number of aliphatic hydroxyl groups is 1. The van der Waals surface area contributed by atoms with E-state index in [1.807, 2.05) is 39.8 Å². The van der Waals surface area contributed by atoms with E-state index in [9.17, 15) is 14.7 Å². The van der Waals surface area contributed by atoms with E-state index in [1.165, 1.54) is 5.57 Å². The number of aliphatic imine (C=N–C) groups is 1. The number of ether oxygens (including phenoxy) is 1. The summed E-state index contributed by atoms with van der Waals surface area (Å²) in [6, 6.07) is 0. The van der Waals surface area contributed by atoms with E-state index in [-0.39, 0.29) is 18.1 Å². The van der Waals surface area contributed by atoms with Gasteiger partial charge >= 0.3 is 5.97 Å². The molecule has 0 aromatic rings. The van der Waals surface area contributed by atoms with Gasteiger partial charge in [0.25, 0.3) is 0 Å². The van der Waals surface area contributed by atoms with Gasteiger partial charge in [-0.25, -0.2) is 0 Å². The molecule has 0 saturated carbocycles. The first kappa shape index (κ1) is 28.8. The normalized spacial score (nSPS) is 29.0. The Hall–Kier alpha value is -2.27. The molecule has 0 bridgehead atoms. The van der Waals surface area contributed by atoms with Gasteiger partial charge in [-0.15, -0.1) is 0 Å². The largest absolute Gasteiger partial charge is 0.457 e. The summed E-state index contributed by atoms with van der Waals surface area (Å²) in [6.45, 7) is 15.3.